The lowest BCUT2D eigenvalue weighted by atomic mass is 9.98. The van der Waals surface area contributed by atoms with Gasteiger partial charge in [-0.05, 0) is 43.4 Å². The van der Waals surface area contributed by atoms with E-state index in [2.05, 4.69) is 41.8 Å². The highest BCUT2D eigenvalue weighted by Gasteiger charge is 2.21. The third kappa shape index (κ3) is 4.98. The van der Waals surface area contributed by atoms with Gasteiger partial charge in [0.25, 0.3) is 5.91 Å². The number of amides is 1. The molecule has 3 rings (SSSR count). The lowest BCUT2D eigenvalue weighted by Crippen LogP contribution is -2.36. The molecule has 1 fully saturated rings. The topological polar surface area (TPSA) is 32.8 Å². The Bertz CT molecular complexity index is 784. The van der Waals surface area contributed by atoms with Crippen molar-refractivity contribution in [1.82, 2.24) is 9.80 Å². The summed E-state index contributed by atoms with van der Waals surface area (Å²) in [5.41, 5.74) is 5.22. The van der Waals surface area contributed by atoms with Crippen LogP contribution in [-0.2, 0) is 16.0 Å². The Labute approximate surface area is 162 Å². The van der Waals surface area contributed by atoms with Crippen molar-refractivity contribution in [2.45, 2.75) is 26.7 Å². The molecular weight excluding hydrogens is 336 g/mol. The molecule has 1 aromatic carbocycles. The number of morpholine rings is 1. The van der Waals surface area contributed by atoms with Gasteiger partial charge in [-0.3, -0.25) is 9.69 Å². The molecule has 0 spiro atoms. The second-order valence-corrected chi connectivity index (χ2v) is 7.07. The minimum atomic E-state index is -0.0475. The zero-order valence-electron chi connectivity index (χ0n) is 16.3. The summed E-state index contributed by atoms with van der Waals surface area (Å²) in [7, 11) is 0. The first kappa shape index (κ1) is 19.2. The van der Waals surface area contributed by atoms with Gasteiger partial charge in [0.15, 0.2) is 0 Å². The van der Waals surface area contributed by atoms with E-state index in [-0.39, 0.29) is 5.91 Å². The van der Waals surface area contributed by atoms with E-state index in [1.807, 2.05) is 26.1 Å². The Hall–Kier alpha value is -2.59. The predicted molar refractivity (Wildman–Crippen MR) is 109 cm³/mol. The largest absolute Gasteiger partial charge is 0.378 e. The number of carbonyl (C=O) groups is 1. The van der Waals surface area contributed by atoms with E-state index < -0.39 is 0 Å². The summed E-state index contributed by atoms with van der Waals surface area (Å²) in [6.07, 6.45) is 7.52. The predicted octanol–water partition coefficient (Wildman–Crippen LogP) is 4.04. The third-order valence-corrected chi connectivity index (χ3v) is 5.00. The van der Waals surface area contributed by atoms with Gasteiger partial charge < -0.3 is 9.64 Å². The van der Waals surface area contributed by atoms with Gasteiger partial charge in [-0.15, -0.1) is 0 Å². The minimum absolute atomic E-state index is 0.0475. The third-order valence-electron chi connectivity index (χ3n) is 5.00. The number of hydrogen-bond acceptors (Lipinski definition) is 3. The summed E-state index contributed by atoms with van der Waals surface area (Å²) < 4.78 is 5.38. The van der Waals surface area contributed by atoms with E-state index in [9.17, 15) is 4.79 Å². The van der Waals surface area contributed by atoms with E-state index in [0.29, 0.717) is 13.2 Å². The number of ether oxygens (including phenoxy) is 1. The molecule has 27 heavy (non-hydrogen) atoms. The summed E-state index contributed by atoms with van der Waals surface area (Å²) in [5, 5.41) is 0. The Morgan fingerprint density at radius 1 is 1.19 bits per heavy atom. The highest BCUT2D eigenvalue weighted by atomic mass is 16.5. The second kappa shape index (κ2) is 8.87. The normalized spacial score (nSPS) is 18.3. The maximum Gasteiger partial charge on any atom is 0.256 e. The molecule has 4 heteroatoms. The van der Waals surface area contributed by atoms with E-state index in [4.69, 9.17) is 4.74 Å². The van der Waals surface area contributed by atoms with Crippen LogP contribution < -0.4 is 0 Å². The smallest absolute Gasteiger partial charge is 0.256 e. The molecular formula is C23H28N2O2. The van der Waals surface area contributed by atoms with Crippen LogP contribution in [0.2, 0.25) is 0 Å². The standard InChI is InChI=1S/C23H28N2O2/c1-18-15-22(10-9-21-7-5-4-6-8-21)20(3)25(17-18)23(26)16-19(2)24-11-13-27-14-12-24/h4-8,15-17H,3,9-14H2,1-2H3/b19-16+. The maximum atomic E-state index is 12.9. The van der Waals surface area contributed by atoms with E-state index in [1.54, 1.807) is 11.0 Å². The van der Waals surface area contributed by atoms with Gasteiger partial charge in [0.2, 0.25) is 0 Å². The lowest BCUT2D eigenvalue weighted by Gasteiger charge is -2.30. The summed E-state index contributed by atoms with van der Waals surface area (Å²) in [6.45, 7) is 11.3. The van der Waals surface area contributed by atoms with Crippen LogP contribution in [-0.4, -0.2) is 42.0 Å². The summed E-state index contributed by atoms with van der Waals surface area (Å²) in [5.74, 6) is -0.0475. The van der Waals surface area contributed by atoms with Crippen LogP contribution in [0.1, 0.15) is 25.8 Å². The van der Waals surface area contributed by atoms with Crippen LogP contribution in [0.4, 0.5) is 0 Å². The molecule has 2 heterocycles. The van der Waals surface area contributed by atoms with Crippen LogP contribution in [0, 0.1) is 0 Å². The van der Waals surface area contributed by atoms with E-state index in [1.165, 1.54) is 5.56 Å². The fourth-order valence-corrected chi connectivity index (χ4v) is 3.42. The number of benzene rings is 1. The molecule has 142 valence electrons. The number of rotatable bonds is 5. The van der Waals surface area contributed by atoms with Crippen molar-refractivity contribution >= 4 is 5.91 Å². The molecule has 1 saturated heterocycles. The fourth-order valence-electron chi connectivity index (χ4n) is 3.42. The number of aryl methyl sites for hydroxylation is 1. The maximum absolute atomic E-state index is 12.9. The van der Waals surface area contributed by atoms with Gasteiger partial charge in [0, 0.05) is 36.8 Å². The zero-order chi connectivity index (χ0) is 19.2. The molecule has 0 atom stereocenters. The molecule has 2 aliphatic rings. The summed E-state index contributed by atoms with van der Waals surface area (Å²) in [4.78, 5) is 16.8. The first-order valence-corrected chi connectivity index (χ1v) is 9.51. The zero-order valence-corrected chi connectivity index (χ0v) is 16.3. The Morgan fingerprint density at radius 2 is 1.89 bits per heavy atom. The average molecular weight is 364 g/mol. The van der Waals surface area contributed by atoms with Crippen molar-refractivity contribution in [3.8, 4) is 0 Å². The van der Waals surface area contributed by atoms with Crippen LogP contribution >= 0.6 is 0 Å². The fraction of sp³-hybridized carbons (Fsp3) is 0.348. The summed E-state index contributed by atoms with van der Waals surface area (Å²) >= 11 is 0. The van der Waals surface area contributed by atoms with Gasteiger partial charge in [0.05, 0.1) is 13.2 Å². The van der Waals surface area contributed by atoms with Gasteiger partial charge in [-0.25, -0.2) is 0 Å². The monoisotopic (exact) mass is 364 g/mol. The molecule has 0 radical (unpaired) electrons. The second-order valence-electron chi connectivity index (χ2n) is 7.07. The summed E-state index contributed by atoms with van der Waals surface area (Å²) in [6, 6.07) is 10.4. The highest BCUT2D eigenvalue weighted by Crippen LogP contribution is 2.27. The van der Waals surface area contributed by atoms with Gasteiger partial charge in [-0.2, -0.15) is 0 Å². The van der Waals surface area contributed by atoms with Crippen molar-refractivity contribution in [3.05, 3.63) is 83.4 Å². The number of allylic oxidation sites excluding steroid dienone is 4. The molecule has 0 aliphatic carbocycles. The molecule has 4 nitrogen and oxygen atoms in total. The van der Waals surface area contributed by atoms with Gasteiger partial charge >= 0.3 is 0 Å². The number of carbonyl (C=O) groups excluding carboxylic acids is 1. The van der Waals surface area contributed by atoms with E-state index >= 15 is 0 Å². The Balaban J connectivity index is 1.68. The molecule has 1 aromatic rings. The highest BCUT2D eigenvalue weighted by molar-refractivity contribution is 5.91. The molecule has 1 amide bonds. The molecule has 0 aromatic heterocycles. The van der Waals surface area contributed by atoms with Crippen LogP contribution in [0.15, 0.2) is 77.8 Å². The molecule has 0 bridgehead atoms. The van der Waals surface area contributed by atoms with Crippen LogP contribution in [0.3, 0.4) is 0 Å². The van der Waals surface area contributed by atoms with Crippen LogP contribution in [0.5, 0.6) is 0 Å². The van der Waals surface area contributed by atoms with Gasteiger partial charge in [-0.1, -0.05) is 43.0 Å². The van der Waals surface area contributed by atoms with Crippen LogP contribution in [0.25, 0.3) is 0 Å². The van der Waals surface area contributed by atoms with Crippen molar-refractivity contribution in [3.63, 3.8) is 0 Å². The molecule has 0 unspecified atom stereocenters. The van der Waals surface area contributed by atoms with Crippen molar-refractivity contribution in [1.29, 1.82) is 0 Å². The van der Waals surface area contributed by atoms with Crippen molar-refractivity contribution in [2.75, 3.05) is 26.3 Å². The SMILES string of the molecule is C=C1C(CCc2ccccc2)=CC(C)=CN1C(=O)/C=C(\C)N1CCOCC1. The number of hydrogen-bond donors (Lipinski definition) is 0. The quantitative estimate of drug-likeness (QED) is 0.739. The molecule has 0 N–H and O–H groups in total. The van der Waals surface area contributed by atoms with Gasteiger partial charge in [0.1, 0.15) is 0 Å². The molecule has 2 aliphatic heterocycles. The minimum Gasteiger partial charge on any atom is -0.378 e. The van der Waals surface area contributed by atoms with Crippen molar-refractivity contribution in [2.24, 2.45) is 0 Å². The first-order chi connectivity index (χ1) is 13.0. The van der Waals surface area contributed by atoms with Crippen molar-refractivity contribution < 1.29 is 9.53 Å². The lowest BCUT2D eigenvalue weighted by molar-refractivity contribution is -0.122. The number of nitrogens with zero attached hydrogens (tertiary/aromatic N) is 2. The van der Waals surface area contributed by atoms with E-state index in [0.717, 1.165) is 48.5 Å². The Kier molecular flexibility index (Phi) is 6.30. The first-order valence-electron chi connectivity index (χ1n) is 9.51. The average Bonchev–Trinajstić information content (AvgIpc) is 2.69. The molecule has 0 saturated carbocycles. The Morgan fingerprint density at radius 3 is 2.59 bits per heavy atom.